The van der Waals surface area contributed by atoms with Crippen molar-refractivity contribution in [1.29, 1.82) is 0 Å². The normalized spacial score (nSPS) is 31.2. The molecule has 10 heteroatoms. The van der Waals surface area contributed by atoms with Crippen LogP contribution in [0.25, 0.3) is 0 Å². The van der Waals surface area contributed by atoms with Crippen LogP contribution >= 0.6 is 23.2 Å². The van der Waals surface area contributed by atoms with Gasteiger partial charge in [-0.1, -0.05) is 43.1 Å². The molecule has 7 nitrogen and oxygen atoms in total. The van der Waals surface area contributed by atoms with Crippen molar-refractivity contribution in [3.05, 3.63) is 57.6 Å². The first kappa shape index (κ1) is 29.5. The van der Waals surface area contributed by atoms with Gasteiger partial charge in [-0.05, 0) is 91.0 Å². The molecule has 2 aliphatic carbocycles. The number of primary amides is 1. The summed E-state index contributed by atoms with van der Waals surface area (Å²) in [4.78, 5) is 44.5. The molecule has 2 aromatic rings. The van der Waals surface area contributed by atoms with Gasteiger partial charge in [0.25, 0.3) is 0 Å². The maximum atomic E-state index is 16.0. The summed E-state index contributed by atoms with van der Waals surface area (Å²) < 4.78 is 21.7. The number of benzene rings is 1. The lowest BCUT2D eigenvalue weighted by molar-refractivity contribution is -0.135. The van der Waals surface area contributed by atoms with Gasteiger partial charge in [0, 0.05) is 35.2 Å². The summed E-state index contributed by atoms with van der Waals surface area (Å²) in [5.74, 6) is -2.99. The maximum absolute atomic E-state index is 16.0. The number of carbonyl (C=O) groups is 3. The van der Waals surface area contributed by atoms with E-state index in [2.05, 4.69) is 24.1 Å². The molecule has 3 heterocycles. The number of nitrogens with one attached hydrogen (secondary N) is 1. The van der Waals surface area contributed by atoms with Gasteiger partial charge in [-0.3, -0.25) is 14.4 Å². The number of carbonyl (C=O) groups excluding carboxylic acids is 3. The third-order valence-electron chi connectivity index (χ3n) is 10.7. The Kier molecular flexibility index (Phi) is 7.42. The highest BCUT2D eigenvalue weighted by molar-refractivity contribution is 6.31. The van der Waals surface area contributed by atoms with Crippen molar-refractivity contribution < 1.29 is 23.5 Å². The minimum Gasteiger partial charge on any atom is -0.368 e. The lowest BCUT2D eigenvalue weighted by atomic mass is 9.51. The van der Waals surface area contributed by atoms with Crippen molar-refractivity contribution >= 4 is 46.5 Å². The molecule has 0 radical (unpaired) electrons. The van der Waals surface area contributed by atoms with Gasteiger partial charge in [-0.15, -0.1) is 0 Å². The molecule has 3 N–H and O–H groups in total. The first-order valence-electron chi connectivity index (χ1n) is 14.7. The number of hydrogen-bond acceptors (Lipinski definition) is 5. The minimum absolute atomic E-state index is 0.0326. The predicted molar refractivity (Wildman–Crippen MR) is 158 cm³/mol. The molecular formula is C32H36Cl2FN3O4. The van der Waals surface area contributed by atoms with E-state index in [9.17, 15) is 14.4 Å². The number of anilines is 1. The third-order valence-corrected chi connectivity index (χ3v) is 11.2. The zero-order chi connectivity index (χ0) is 30.0. The maximum Gasteiger partial charge on any atom is 0.246 e. The predicted octanol–water partition coefficient (Wildman–Crippen LogP) is 6.35. The summed E-state index contributed by atoms with van der Waals surface area (Å²) in [7, 11) is 0. The minimum atomic E-state index is -1.20. The summed E-state index contributed by atoms with van der Waals surface area (Å²) >= 11 is 12.6. The molecule has 2 saturated carbocycles. The summed E-state index contributed by atoms with van der Waals surface area (Å²) in [6, 6.07) is 6.94. The SMILES string of the molecule is CC1(C)CCC2(CC1)C[C@@H](C(=O)C[C@@H]1CC[C@@H](C(N)=O)OC1)[C@H](c1ccnc(Cl)c1F)[C@]21C(=O)Nc2cc(Cl)ccc21. The quantitative estimate of drug-likeness (QED) is 0.381. The Morgan fingerprint density at radius 1 is 1.14 bits per heavy atom. The van der Waals surface area contributed by atoms with Gasteiger partial charge in [0.05, 0.1) is 12.0 Å². The lowest BCUT2D eigenvalue weighted by Crippen LogP contribution is -2.52. The van der Waals surface area contributed by atoms with Crippen LogP contribution in [0.5, 0.6) is 0 Å². The number of nitrogens with two attached hydrogens (primary N) is 1. The van der Waals surface area contributed by atoms with Gasteiger partial charge in [0.15, 0.2) is 11.0 Å². The largest absolute Gasteiger partial charge is 0.368 e. The van der Waals surface area contributed by atoms with E-state index in [1.165, 1.54) is 6.20 Å². The number of ketones is 1. The Balaban J connectivity index is 1.49. The number of Topliss-reactive ketones (excluding diaryl/α,β-unsaturated/α-hetero) is 1. The zero-order valence-electron chi connectivity index (χ0n) is 23.9. The Morgan fingerprint density at radius 3 is 2.55 bits per heavy atom. The second-order valence-corrected chi connectivity index (χ2v) is 14.3. The highest BCUT2D eigenvalue weighted by Crippen LogP contribution is 2.72. The smallest absolute Gasteiger partial charge is 0.246 e. The molecular weight excluding hydrogens is 580 g/mol. The molecule has 1 aromatic heterocycles. The topological polar surface area (TPSA) is 111 Å². The van der Waals surface area contributed by atoms with Gasteiger partial charge in [-0.2, -0.15) is 0 Å². The number of hydrogen-bond donors (Lipinski definition) is 2. The molecule has 0 bridgehead atoms. The van der Waals surface area contributed by atoms with Gasteiger partial charge in [-0.25, -0.2) is 9.37 Å². The molecule has 6 rings (SSSR count). The first-order valence-corrected chi connectivity index (χ1v) is 15.5. The number of fused-ring (bicyclic) bond motifs is 3. The van der Waals surface area contributed by atoms with Crippen LogP contribution in [-0.2, 0) is 24.5 Å². The van der Waals surface area contributed by atoms with Crippen LogP contribution in [0.2, 0.25) is 10.2 Å². The molecule has 2 amide bonds. The monoisotopic (exact) mass is 615 g/mol. The molecule has 3 fully saturated rings. The number of halogens is 3. The fraction of sp³-hybridized carbons (Fsp3) is 0.562. The molecule has 1 saturated heterocycles. The molecule has 5 atom stereocenters. The second-order valence-electron chi connectivity index (χ2n) is 13.5. The number of aromatic nitrogens is 1. The van der Waals surface area contributed by atoms with Gasteiger partial charge in [0.1, 0.15) is 11.9 Å². The summed E-state index contributed by atoms with van der Waals surface area (Å²) in [5.41, 5.74) is 5.33. The number of rotatable bonds is 5. The number of ether oxygens (including phenoxy) is 1. The Bertz CT molecular complexity index is 1450. The van der Waals surface area contributed by atoms with Crippen LogP contribution in [0.1, 0.15) is 82.3 Å². The van der Waals surface area contributed by atoms with Crippen molar-refractivity contribution in [2.75, 3.05) is 11.9 Å². The van der Waals surface area contributed by atoms with Crippen LogP contribution in [-0.4, -0.2) is 35.3 Å². The van der Waals surface area contributed by atoms with E-state index in [0.29, 0.717) is 30.0 Å². The highest BCUT2D eigenvalue weighted by Gasteiger charge is 2.72. The fourth-order valence-electron chi connectivity index (χ4n) is 8.53. The van der Waals surface area contributed by atoms with Crippen molar-refractivity contribution in [1.82, 2.24) is 4.98 Å². The van der Waals surface area contributed by atoms with E-state index >= 15 is 4.39 Å². The Hall–Kier alpha value is -2.55. The zero-order valence-corrected chi connectivity index (χ0v) is 25.4. The van der Waals surface area contributed by atoms with Crippen molar-refractivity contribution in [3.63, 3.8) is 0 Å². The van der Waals surface area contributed by atoms with Gasteiger partial charge < -0.3 is 15.8 Å². The van der Waals surface area contributed by atoms with Crippen LogP contribution in [0.4, 0.5) is 10.1 Å². The Morgan fingerprint density at radius 2 is 1.88 bits per heavy atom. The number of amides is 2. The molecule has 224 valence electrons. The molecule has 4 aliphatic rings. The van der Waals surface area contributed by atoms with Crippen LogP contribution in [0.15, 0.2) is 30.5 Å². The Labute approximate surface area is 255 Å². The molecule has 2 spiro atoms. The van der Waals surface area contributed by atoms with Crippen LogP contribution < -0.4 is 11.1 Å². The van der Waals surface area contributed by atoms with E-state index in [4.69, 9.17) is 33.7 Å². The highest BCUT2D eigenvalue weighted by atomic mass is 35.5. The summed E-state index contributed by atoms with van der Waals surface area (Å²) in [6.45, 7) is 4.71. The molecule has 2 aliphatic heterocycles. The van der Waals surface area contributed by atoms with E-state index in [1.54, 1.807) is 18.2 Å². The average Bonchev–Trinajstić information content (AvgIpc) is 3.40. The number of pyridine rings is 1. The standard InChI is InChI=1S/C32H36Cl2FN3O4/c1-30(2)8-10-31(11-9-30)15-20(23(39)13-17-3-6-24(28(36)40)42-16-17)25(19-7-12-37-27(34)26(19)35)32(31)21-5-4-18(33)14-22(21)38-29(32)41/h4-5,7,12,14,17,20,24-25H,3,6,8-11,13,15-16H2,1-2H3,(H2,36,40)(H,38,41)/t17-,20-,24-,25-,32+/m0/s1. The van der Waals surface area contributed by atoms with Gasteiger partial charge >= 0.3 is 0 Å². The fourth-order valence-corrected chi connectivity index (χ4v) is 8.86. The van der Waals surface area contributed by atoms with Crippen molar-refractivity contribution in [3.8, 4) is 0 Å². The van der Waals surface area contributed by atoms with Crippen LogP contribution in [0, 0.1) is 28.5 Å². The van der Waals surface area contributed by atoms with E-state index in [-0.39, 0.29) is 46.8 Å². The van der Waals surface area contributed by atoms with Gasteiger partial charge in [0.2, 0.25) is 11.8 Å². The lowest BCUT2D eigenvalue weighted by Gasteiger charge is -2.51. The molecule has 0 unspecified atom stereocenters. The van der Waals surface area contributed by atoms with Crippen LogP contribution in [0.3, 0.4) is 0 Å². The van der Waals surface area contributed by atoms with Crippen molar-refractivity contribution in [2.45, 2.75) is 82.7 Å². The number of nitrogens with zero attached hydrogens (tertiary/aromatic N) is 1. The second kappa shape index (κ2) is 10.6. The van der Waals surface area contributed by atoms with E-state index in [0.717, 1.165) is 31.2 Å². The summed E-state index contributed by atoms with van der Waals surface area (Å²) in [6.07, 6.45) is 5.75. The third kappa shape index (κ3) is 4.56. The average molecular weight is 617 g/mol. The molecule has 42 heavy (non-hydrogen) atoms. The van der Waals surface area contributed by atoms with E-state index < -0.39 is 40.5 Å². The van der Waals surface area contributed by atoms with Crippen molar-refractivity contribution in [2.24, 2.45) is 28.4 Å². The molecule has 1 aromatic carbocycles. The van der Waals surface area contributed by atoms with E-state index in [1.807, 2.05) is 6.07 Å². The summed E-state index contributed by atoms with van der Waals surface area (Å²) in [5, 5.41) is 3.28. The first-order chi connectivity index (χ1) is 19.9.